The van der Waals surface area contributed by atoms with Crippen molar-refractivity contribution in [3.63, 3.8) is 0 Å². The van der Waals surface area contributed by atoms with Crippen molar-refractivity contribution in [2.24, 2.45) is 5.92 Å². The van der Waals surface area contributed by atoms with E-state index in [2.05, 4.69) is 38.1 Å². The molecule has 134 valence electrons. The molecule has 3 rings (SSSR count). The highest BCUT2D eigenvalue weighted by atomic mass is 16.5. The van der Waals surface area contributed by atoms with E-state index in [4.69, 9.17) is 14.2 Å². The summed E-state index contributed by atoms with van der Waals surface area (Å²) in [4.78, 5) is 0. The standard InChI is InChI=1S/C22H28O3/c1-15(2)13-14-25-21-19(11-12-20(23-3)22(21)24-4)18-10-6-8-16-7-5-9-17(16)18/h6,8,10-12,15H,5,7,9,13-14H2,1-4H3. The monoisotopic (exact) mass is 340 g/mol. The van der Waals surface area contributed by atoms with Crippen molar-refractivity contribution in [2.75, 3.05) is 20.8 Å². The molecule has 0 amide bonds. The highest BCUT2D eigenvalue weighted by Gasteiger charge is 2.22. The number of hydrogen-bond acceptors (Lipinski definition) is 3. The van der Waals surface area contributed by atoms with Gasteiger partial charge >= 0.3 is 0 Å². The molecule has 0 radical (unpaired) electrons. The minimum Gasteiger partial charge on any atom is -0.493 e. The first-order valence-electron chi connectivity index (χ1n) is 9.14. The van der Waals surface area contributed by atoms with Crippen molar-refractivity contribution < 1.29 is 14.2 Å². The molecule has 25 heavy (non-hydrogen) atoms. The molecule has 0 saturated heterocycles. The molecule has 2 aromatic rings. The zero-order valence-electron chi connectivity index (χ0n) is 15.7. The molecule has 0 atom stereocenters. The molecule has 2 aromatic carbocycles. The van der Waals surface area contributed by atoms with Gasteiger partial charge in [0.15, 0.2) is 11.5 Å². The summed E-state index contributed by atoms with van der Waals surface area (Å²) >= 11 is 0. The summed E-state index contributed by atoms with van der Waals surface area (Å²) < 4.78 is 17.4. The van der Waals surface area contributed by atoms with Crippen LogP contribution in [-0.2, 0) is 12.8 Å². The van der Waals surface area contributed by atoms with Crippen LogP contribution in [0.2, 0.25) is 0 Å². The molecule has 3 nitrogen and oxygen atoms in total. The molecule has 0 aromatic heterocycles. The zero-order valence-corrected chi connectivity index (χ0v) is 15.7. The third-order valence-corrected chi connectivity index (χ3v) is 4.88. The molecule has 0 saturated carbocycles. The van der Waals surface area contributed by atoms with E-state index in [1.807, 2.05) is 6.07 Å². The van der Waals surface area contributed by atoms with E-state index >= 15 is 0 Å². The van der Waals surface area contributed by atoms with E-state index in [-0.39, 0.29) is 0 Å². The largest absolute Gasteiger partial charge is 0.493 e. The van der Waals surface area contributed by atoms with E-state index in [9.17, 15) is 0 Å². The van der Waals surface area contributed by atoms with Crippen LogP contribution in [0.3, 0.4) is 0 Å². The van der Waals surface area contributed by atoms with Gasteiger partial charge in [-0.25, -0.2) is 0 Å². The van der Waals surface area contributed by atoms with Crippen LogP contribution in [0.5, 0.6) is 17.2 Å². The molecular formula is C22H28O3. The van der Waals surface area contributed by atoms with Gasteiger partial charge in [-0.1, -0.05) is 32.0 Å². The lowest BCUT2D eigenvalue weighted by atomic mass is 9.95. The van der Waals surface area contributed by atoms with Gasteiger partial charge in [-0.15, -0.1) is 0 Å². The molecule has 0 heterocycles. The van der Waals surface area contributed by atoms with Gasteiger partial charge in [0.25, 0.3) is 0 Å². The van der Waals surface area contributed by atoms with Gasteiger partial charge in [-0.3, -0.25) is 0 Å². The van der Waals surface area contributed by atoms with E-state index < -0.39 is 0 Å². The third-order valence-electron chi connectivity index (χ3n) is 4.88. The Balaban J connectivity index is 2.08. The Kier molecular flexibility index (Phi) is 5.52. The molecule has 1 aliphatic carbocycles. The average Bonchev–Trinajstić information content (AvgIpc) is 3.09. The Bertz CT molecular complexity index is 734. The minimum atomic E-state index is 0.598. The molecule has 3 heteroatoms. The van der Waals surface area contributed by atoms with E-state index in [0.717, 1.165) is 24.2 Å². The Morgan fingerprint density at radius 1 is 0.920 bits per heavy atom. The van der Waals surface area contributed by atoms with Gasteiger partial charge in [0.2, 0.25) is 5.75 Å². The average molecular weight is 340 g/mol. The van der Waals surface area contributed by atoms with Crippen LogP contribution in [0.25, 0.3) is 11.1 Å². The molecule has 0 spiro atoms. The summed E-state index contributed by atoms with van der Waals surface area (Å²) in [6.45, 7) is 5.08. The van der Waals surface area contributed by atoms with Crippen LogP contribution >= 0.6 is 0 Å². The SMILES string of the molecule is COc1ccc(-c2cccc3c2CCC3)c(OCCC(C)C)c1OC. The van der Waals surface area contributed by atoms with Gasteiger partial charge in [0, 0.05) is 5.56 Å². The van der Waals surface area contributed by atoms with Crippen LogP contribution in [0.4, 0.5) is 0 Å². The fourth-order valence-electron chi connectivity index (χ4n) is 3.52. The predicted octanol–water partition coefficient (Wildman–Crippen LogP) is 5.28. The van der Waals surface area contributed by atoms with E-state index in [0.29, 0.717) is 24.0 Å². The van der Waals surface area contributed by atoms with Gasteiger partial charge in [0.05, 0.1) is 20.8 Å². The van der Waals surface area contributed by atoms with E-state index in [1.54, 1.807) is 14.2 Å². The van der Waals surface area contributed by atoms with Crippen molar-refractivity contribution >= 4 is 0 Å². The molecule has 0 N–H and O–H groups in total. The first-order valence-corrected chi connectivity index (χ1v) is 9.14. The lowest BCUT2D eigenvalue weighted by molar-refractivity contribution is 0.267. The first kappa shape index (κ1) is 17.7. The minimum absolute atomic E-state index is 0.598. The topological polar surface area (TPSA) is 27.7 Å². The number of benzene rings is 2. The lowest BCUT2D eigenvalue weighted by Crippen LogP contribution is -2.05. The lowest BCUT2D eigenvalue weighted by Gasteiger charge is -2.19. The maximum absolute atomic E-state index is 6.22. The van der Waals surface area contributed by atoms with Crippen LogP contribution < -0.4 is 14.2 Å². The molecular weight excluding hydrogens is 312 g/mol. The highest BCUT2D eigenvalue weighted by Crippen LogP contribution is 2.46. The van der Waals surface area contributed by atoms with Crippen molar-refractivity contribution in [3.05, 3.63) is 41.5 Å². The number of methoxy groups -OCH3 is 2. The third kappa shape index (κ3) is 3.60. The predicted molar refractivity (Wildman–Crippen MR) is 102 cm³/mol. The molecule has 0 unspecified atom stereocenters. The smallest absolute Gasteiger partial charge is 0.203 e. The number of aryl methyl sites for hydroxylation is 1. The normalized spacial score (nSPS) is 13.0. The highest BCUT2D eigenvalue weighted by molar-refractivity contribution is 5.79. The van der Waals surface area contributed by atoms with Crippen molar-refractivity contribution in [1.82, 2.24) is 0 Å². The van der Waals surface area contributed by atoms with Gasteiger partial charge < -0.3 is 14.2 Å². The maximum atomic E-state index is 6.22. The fourth-order valence-corrected chi connectivity index (χ4v) is 3.52. The van der Waals surface area contributed by atoms with Crippen LogP contribution in [0, 0.1) is 5.92 Å². The van der Waals surface area contributed by atoms with Crippen molar-refractivity contribution in [3.8, 4) is 28.4 Å². The summed E-state index contributed by atoms with van der Waals surface area (Å²) in [5.41, 5.74) is 5.26. The molecule has 0 aliphatic heterocycles. The second-order valence-corrected chi connectivity index (χ2v) is 7.01. The number of ether oxygens (including phenoxy) is 3. The zero-order chi connectivity index (χ0) is 17.8. The van der Waals surface area contributed by atoms with Gasteiger partial charge in [-0.2, -0.15) is 0 Å². The summed E-state index contributed by atoms with van der Waals surface area (Å²) in [5, 5.41) is 0. The number of rotatable bonds is 7. The van der Waals surface area contributed by atoms with Crippen LogP contribution in [-0.4, -0.2) is 20.8 Å². The summed E-state index contributed by atoms with van der Waals surface area (Å²) in [6.07, 6.45) is 4.53. The van der Waals surface area contributed by atoms with E-state index in [1.165, 1.54) is 29.5 Å². The Morgan fingerprint density at radius 2 is 1.76 bits per heavy atom. The van der Waals surface area contributed by atoms with Crippen LogP contribution in [0.15, 0.2) is 30.3 Å². The summed E-state index contributed by atoms with van der Waals surface area (Å²) in [6, 6.07) is 10.7. The molecule has 0 bridgehead atoms. The molecule has 1 aliphatic rings. The Morgan fingerprint density at radius 3 is 2.48 bits per heavy atom. The summed E-state index contributed by atoms with van der Waals surface area (Å²) in [5.74, 6) is 2.78. The number of hydrogen-bond donors (Lipinski definition) is 0. The molecule has 0 fully saturated rings. The second-order valence-electron chi connectivity index (χ2n) is 7.01. The number of fused-ring (bicyclic) bond motifs is 1. The first-order chi connectivity index (χ1) is 12.2. The fraction of sp³-hybridized carbons (Fsp3) is 0.455. The van der Waals surface area contributed by atoms with Crippen molar-refractivity contribution in [1.29, 1.82) is 0 Å². The van der Waals surface area contributed by atoms with Gasteiger partial charge in [0.1, 0.15) is 0 Å². The Hall–Kier alpha value is -2.16. The quantitative estimate of drug-likeness (QED) is 0.686. The van der Waals surface area contributed by atoms with Crippen molar-refractivity contribution in [2.45, 2.75) is 39.5 Å². The van der Waals surface area contributed by atoms with Gasteiger partial charge in [-0.05, 0) is 60.4 Å². The van der Waals surface area contributed by atoms with Crippen LogP contribution in [0.1, 0.15) is 37.8 Å². The maximum Gasteiger partial charge on any atom is 0.203 e. The second kappa shape index (κ2) is 7.81. The summed E-state index contributed by atoms with van der Waals surface area (Å²) in [7, 11) is 3.34. The Labute approximate surface area is 150 Å².